The number of hydrogen-bond acceptors (Lipinski definition) is 5. The highest BCUT2D eigenvalue weighted by atomic mass is 79.9. The van der Waals surface area contributed by atoms with Crippen molar-refractivity contribution in [1.82, 2.24) is 4.98 Å². The molecule has 0 amide bonds. The summed E-state index contributed by atoms with van der Waals surface area (Å²) in [4.78, 5) is 23.8. The van der Waals surface area contributed by atoms with Crippen LogP contribution in [0.4, 0.5) is 5.69 Å². The van der Waals surface area contributed by atoms with Crippen molar-refractivity contribution in [3.63, 3.8) is 0 Å². The highest BCUT2D eigenvalue weighted by Gasteiger charge is 2.21. The van der Waals surface area contributed by atoms with E-state index in [1.807, 2.05) is 0 Å². The number of nitrogens with zero attached hydrogens (tertiary/aromatic N) is 2. The first-order valence-electron chi connectivity index (χ1n) is 3.64. The van der Waals surface area contributed by atoms with Crippen LogP contribution in [0, 0.1) is 10.1 Å². The molecule has 0 spiro atoms. The molecule has 0 bridgehead atoms. The average molecular weight is 277 g/mol. The van der Waals surface area contributed by atoms with Crippen LogP contribution in [-0.4, -0.2) is 26.1 Å². The number of nitro groups is 1. The number of carboxylic acids is 1. The molecule has 0 aliphatic carbocycles. The number of aliphatic carboxylic acids is 1. The zero-order valence-electron chi connectivity index (χ0n) is 7.12. The van der Waals surface area contributed by atoms with E-state index in [0.29, 0.717) is 0 Å². The fourth-order valence-corrected chi connectivity index (χ4v) is 1.31. The maximum atomic E-state index is 10.4. The van der Waals surface area contributed by atoms with Crippen LogP contribution in [0.25, 0.3) is 0 Å². The predicted molar refractivity (Wildman–Crippen MR) is 51.2 cm³/mol. The van der Waals surface area contributed by atoms with Gasteiger partial charge in [0, 0.05) is 12.1 Å². The van der Waals surface area contributed by atoms with Gasteiger partial charge in [-0.05, 0) is 15.9 Å². The quantitative estimate of drug-likeness (QED) is 0.481. The lowest BCUT2D eigenvalue weighted by Gasteiger charge is -2.04. The summed E-state index contributed by atoms with van der Waals surface area (Å²) < 4.78 is 0.0898. The largest absolute Gasteiger partial charge is 0.479 e. The van der Waals surface area contributed by atoms with Crippen molar-refractivity contribution in [2.24, 2.45) is 0 Å². The minimum Gasteiger partial charge on any atom is -0.479 e. The SMILES string of the molecule is O=C(O)C(O)c1cc([N+](=O)[O-])cc(Br)n1. The van der Waals surface area contributed by atoms with E-state index in [2.05, 4.69) is 20.9 Å². The van der Waals surface area contributed by atoms with Gasteiger partial charge in [-0.15, -0.1) is 0 Å². The van der Waals surface area contributed by atoms with E-state index < -0.39 is 17.0 Å². The molecule has 0 aromatic carbocycles. The molecule has 0 fully saturated rings. The van der Waals surface area contributed by atoms with E-state index in [1.165, 1.54) is 0 Å². The summed E-state index contributed by atoms with van der Waals surface area (Å²) in [6, 6.07) is 2.02. The number of aliphatic hydroxyl groups is 1. The Hall–Kier alpha value is -1.54. The van der Waals surface area contributed by atoms with Crippen LogP contribution in [0.3, 0.4) is 0 Å². The van der Waals surface area contributed by atoms with Crippen LogP contribution in [-0.2, 0) is 4.79 Å². The highest BCUT2D eigenvalue weighted by Crippen LogP contribution is 2.21. The topological polar surface area (TPSA) is 114 Å². The molecular formula is C7H5BrN2O5. The summed E-state index contributed by atoms with van der Waals surface area (Å²) in [7, 11) is 0. The van der Waals surface area contributed by atoms with E-state index in [4.69, 9.17) is 10.2 Å². The van der Waals surface area contributed by atoms with Crippen molar-refractivity contribution in [3.05, 3.63) is 32.5 Å². The number of aliphatic hydroxyl groups excluding tert-OH is 1. The smallest absolute Gasteiger partial charge is 0.338 e. The van der Waals surface area contributed by atoms with Crippen molar-refractivity contribution in [2.45, 2.75) is 6.10 Å². The van der Waals surface area contributed by atoms with Gasteiger partial charge in [0.2, 0.25) is 0 Å². The molecule has 1 heterocycles. The Kier molecular flexibility index (Phi) is 3.32. The third kappa shape index (κ3) is 2.70. The first-order valence-corrected chi connectivity index (χ1v) is 4.44. The first-order chi connectivity index (χ1) is 6.91. The molecule has 1 aromatic rings. The van der Waals surface area contributed by atoms with Crippen molar-refractivity contribution in [3.8, 4) is 0 Å². The summed E-state index contributed by atoms with van der Waals surface area (Å²) in [6.07, 6.45) is -1.87. The van der Waals surface area contributed by atoms with E-state index in [1.54, 1.807) is 0 Å². The minimum atomic E-state index is -1.87. The number of hydrogen-bond donors (Lipinski definition) is 2. The van der Waals surface area contributed by atoms with Crippen LogP contribution in [0.1, 0.15) is 11.8 Å². The molecule has 7 nitrogen and oxygen atoms in total. The number of aromatic nitrogens is 1. The molecule has 15 heavy (non-hydrogen) atoms. The van der Waals surface area contributed by atoms with Crippen LogP contribution in [0.2, 0.25) is 0 Å². The Bertz CT molecular complexity index is 422. The molecule has 1 atom stereocenters. The molecule has 0 saturated carbocycles. The second kappa shape index (κ2) is 4.32. The summed E-state index contributed by atoms with van der Waals surface area (Å²) in [5.41, 5.74) is -0.629. The van der Waals surface area contributed by atoms with Crippen LogP contribution in [0.15, 0.2) is 16.7 Å². The van der Waals surface area contributed by atoms with Crippen LogP contribution < -0.4 is 0 Å². The van der Waals surface area contributed by atoms with Gasteiger partial charge in [-0.1, -0.05) is 0 Å². The van der Waals surface area contributed by atoms with Gasteiger partial charge in [0.25, 0.3) is 5.69 Å². The van der Waals surface area contributed by atoms with Gasteiger partial charge in [0.1, 0.15) is 4.60 Å². The van der Waals surface area contributed by atoms with Gasteiger partial charge in [-0.2, -0.15) is 0 Å². The molecule has 0 saturated heterocycles. The molecule has 1 unspecified atom stereocenters. The lowest BCUT2D eigenvalue weighted by Crippen LogP contribution is -2.12. The molecule has 80 valence electrons. The number of carbonyl (C=O) groups is 1. The predicted octanol–water partition coefficient (Wildman–Crippen LogP) is 0.870. The second-order valence-electron chi connectivity index (χ2n) is 2.57. The molecule has 1 rings (SSSR count). The Morgan fingerprint density at radius 3 is 2.67 bits per heavy atom. The zero-order valence-corrected chi connectivity index (χ0v) is 8.71. The second-order valence-corrected chi connectivity index (χ2v) is 3.38. The Labute approximate surface area is 91.7 Å². The lowest BCUT2D eigenvalue weighted by atomic mass is 10.2. The monoisotopic (exact) mass is 276 g/mol. The van der Waals surface area contributed by atoms with Crippen molar-refractivity contribution < 1.29 is 19.9 Å². The molecule has 2 N–H and O–H groups in total. The van der Waals surface area contributed by atoms with Gasteiger partial charge in [0.15, 0.2) is 6.10 Å². The van der Waals surface area contributed by atoms with Crippen molar-refractivity contribution in [1.29, 1.82) is 0 Å². The first kappa shape index (κ1) is 11.5. The Balaban J connectivity index is 3.20. The molecule has 1 aromatic heterocycles. The molecule has 0 radical (unpaired) electrons. The van der Waals surface area contributed by atoms with E-state index >= 15 is 0 Å². The van der Waals surface area contributed by atoms with Crippen molar-refractivity contribution >= 4 is 27.6 Å². The van der Waals surface area contributed by atoms with E-state index in [-0.39, 0.29) is 16.0 Å². The molecule has 0 aliphatic heterocycles. The number of halogens is 1. The Morgan fingerprint density at radius 1 is 1.60 bits per heavy atom. The van der Waals surface area contributed by atoms with Crippen molar-refractivity contribution in [2.75, 3.05) is 0 Å². The zero-order chi connectivity index (χ0) is 11.6. The maximum Gasteiger partial charge on any atom is 0.338 e. The highest BCUT2D eigenvalue weighted by molar-refractivity contribution is 9.10. The summed E-state index contributed by atoms with van der Waals surface area (Å²) >= 11 is 2.88. The third-order valence-electron chi connectivity index (χ3n) is 1.52. The summed E-state index contributed by atoms with van der Waals surface area (Å²) in [6.45, 7) is 0. The normalized spacial score (nSPS) is 12.1. The van der Waals surface area contributed by atoms with Gasteiger partial charge in [-0.25, -0.2) is 9.78 Å². The summed E-state index contributed by atoms with van der Waals surface area (Å²) in [5, 5.41) is 28.0. The van der Waals surface area contributed by atoms with E-state index in [9.17, 15) is 14.9 Å². The van der Waals surface area contributed by atoms with Gasteiger partial charge >= 0.3 is 5.97 Å². The number of rotatable bonds is 3. The lowest BCUT2D eigenvalue weighted by molar-refractivity contribution is -0.385. The molecule has 0 aliphatic rings. The molecule has 8 heteroatoms. The average Bonchev–Trinajstić information content (AvgIpc) is 2.15. The fourth-order valence-electron chi connectivity index (χ4n) is 0.875. The maximum absolute atomic E-state index is 10.4. The van der Waals surface area contributed by atoms with Gasteiger partial charge in [-0.3, -0.25) is 10.1 Å². The Morgan fingerprint density at radius 2 is 2.20 bits per heavy atom. The van der Waals surface area contributed by atoms with Gasteiger partial charge < -0.3 is 10.2 Å². The standard InChI is InChI=1S/C7H5BrN2O5/c8-5-2-3(10(14)15)1-4(9-5)6(11)7(12)13/h1-2,6,11H,(H,12,13). The fraction of sp³-hybridized carbons (Fsp3) is 0.143. The van der Waals surface area contributed by atoms with Gasteiger partial charge in [0.05, 0.1) is 10.6 Å². The third-order valence-corrected chi connectivity index (χ3v) is 1.93. The minimum absolute atomic E-state index is 0.0898. The van der Waals surface area contributed by atoms with E-state index in [0.717, 1.165) is 12.1 Å². The van der Waals surface area contributed by atoms with Crippen LogP contribution in [0.5, 0.6) is 0 Å². The molecular weight excluding hydrogens is 272 g/mol. The number of carboxylic acid groups (broad SMARTS) is 1. The number of pyridine rings is 1. The summed E-state index contributed by atoms with van der Waals surface area (Å²) in [5.74, 6) is -1.52. The van der Waals surface area contributed by atoms with Crippen LogP contribution >= 0.6 is 15.9 Å².